The molecule has 2 saturated heterocycles. The van der Waals surface area contributed by atoms with Crippen LogP contribution in [0.25, 0.3) is 0 Å². The van der Waals surface area contributed by atoms with Crippen molar-refractivity contribution in [2.24, 2.45) is 0 Å². The summed E-state index contributed by atoms with van der Waals surface area (Å²) in [6.45, 7) is 6.25. The van der Waals surface area contributed by atoms with Gasteiger partial charge in [0, 0.05) is 38.3 Å². The summed E-state index contributed by atoms with van der Waals surface area (Å²) in [5.41, 5.74) is -0.117. The molecule has 0 bridgehead atoms. The third kappa shape index (κ3) is 5.12. The van der Waals surface area contributed by atoms with Gasteiger partial charge in [-0.3, -0.25) is 4.79 Å². The van der Waals surface area contributed by atoms with E-state index in [0.717, 1.165) is 57.3 Å². The van der Waals surface area contributed by atoms with Crippen LogP contribution < -0.4 is 15.2 Å². The molecular formula is C19H33N5O3S. The van der Waals surface area contributed by atoms with E-state index in [4.69, 9.17) is 0 Å². The molecule has 0 amide bonds. The zero-order valence-electron chi connectivity index (χ0n) is 17.0. The fraction of sp³-hybridized carbons (Fsp3) is 0.789. The Bertz CT molecular complexity index is 800. The first-order valence-corrected chi connectivity index (χ1v) is 11.9. The highest BCUT2D eigenvalue weighted by Crippen LogP contribution is 2.23. The molecule has 2 fully saturated rings. The number of aromatic nitrogens is 2. The van der Waals surface area contributed by atoms with Crippen LogP contribution in [0.2, 0.25) is 0 Å². The second kappa shape index (κ2) is 9.37. The van der Waals surface area contributed by atoms with Crippen LogP contribution in [0.5, 0.6) is 0 Å². The van der Waals surface area contributed by atoms with Crippen LogP contribution in [0.15, 0.2) is 16.9 Å². The Balaban J connectivity index is 1.71. The van der Waals surface area contributed by atoms with Crippen LogP contribution in [0.4, 0.5) is 5.82 Å². The molecule has 0 aliphatic carbocycles. The Hall–Kier alpha value is -1.45. The minimum absolute atomic E-state index is 0.0165. The van der Waals surface area contributed by atoms with Gasteiger partial charge in [-0.15, -0.1) is 0 Å². The molecule has 1 aromatic rings. The van der Waals surface area contributed by atoms with E-state index in [1.54, 1.807) is 16.4 Å². The fourth-order valence-electron chi connectivity index (χ4n) is 4.03. The zero-order valence-corrected chi connectivity index (χ0v) is 17.8. The van der Waals surface area contributed by atoms with Crippen LogP contribution >= 0.6 is 0 Å². The molecule has 0 saturated carbocycles. The van der Waals surface area contributed by atoms with E-state index in [1.165, 1.54) is 4.68 Å². The molecule has 0 aromatic carbocycles. The van der Waals surface area contributed by atoms with Gasteiger partial charge >= 0.3 is 0 Å². The van der Waals surface area contributed by atoms with Gasteiger partial charge in [0.1, 0.15) is 5.82 Å². The molecule has 1 unspecified atom stereocenters. The summed E-state index contributed by atoms with van der Waals surface area (Å²) in [6.07, 6.45) is 7.06. The van der Waals surface area contributed by atoms with Crippen molar-refractivity contribution in [2.75, 3.05) is 31.1 Å². The Morgan fingerprint density at radius 3 is 2.43 bits per heavy atom. The Kier molecular flexibility index (Phi) is 7.11. The SMILES string of the molecule is CC(C)n1nc(N2CCCCC2CNS(=O)(=O)N2CCCCCC2)ccc1=O. The van der Waals surface area contributed by atoms with E-state index in [2.05, 4.69) is 14.7 Å². The Labute approximate surface area is 168 Å². The molecule has 8 nitrogen and oxygen atoms in total. The highest BCUT2D eigenvalue weighted by Gasteiger charge is 2.28. The van der Waals surface area contributed by atoms with Gasteiger partial charge in [0.05, 0.1) is 6.04 Å². The highest BCUT2D eigenvalue weighted by atomic mass is 32.2. The average Bonchev–Trinajstić information content (AvgIpc) is 2.97. The van der Waals surface area contributed by atoms with Crippen molar-refractivity contribution in [3.63, 3.8) is 0 Å². The fourth-order valence-corrected chi connectivity index (χ4v) is 5.35. The molecule has 158 valence electrons. The summed E-state index contributed by atoms with van der Waals surface area (Å²) in [6, 6.07) is 3.33. The van der Waals surface area contributed by atoms with E-state index in [9.17, 15) is 13.2 Å². The largest absolute Gasteiger partial charge is 0.351 e. The van der Waals surface area contributed by atoms with Crippen LogP contribution in [0.1, 0.15) is 64.8 Å². The first-order valence-electron chi connectivity index (χ1n) is 10.5. The third-order valence-electron chi connectivity index (χ3n) is 5.63. The normalized spacial score (nSPS) is 22.4. The number of hydrogen-bond donors (Lipinski definition) is 1. The summed E-state index contributed by atoms with van der Waals surface area (Å²) >= 11 is 0. The van der Waals surface area contributed by atoms with Gasteiger partial charge in [0.15, 0.2) is 0 Å². The molecule has 2 aliphatic rings. The molecule has 28 heavy (non-hydrogen) atoms. The van der Waals surface area contributed by atoms with Crippen molar-refractivity contribution in [1.29, 1.82) is 0 Å². The molecule has 2 aliphatic heterocycles. The lowest BCUT2D eigenvalue weighted by Crippen LogP contribution is -2.50. The molecule has 3 rings (SSSR count). The number of hydrogen-bond acceptors (Lipinski definition) is 5. The van der Waals surface area contributed by atoms with Crippen molar-refractivity contribution in [3.05, 3.63) is 22.5 Å². The van der Waals surface area contributed by atoms with E-state index in [1.807, 2.05) is 13.8 Å². The molecule has 1 atom stereocenters. The predicted molar refractivity (Wildman–Crippen MR) is 111 cm³/mol. The lowest BCUT2D eigenvalue weighted by molar-refractivity contribution is 0.401. The predicted octanol–water partition coefficient (Wildman–Crippen LogP) is 1.89. The van der Waals surface area contributed by atoms with Crippen molar-refractivity contribution < 1.29 is 8.42 Å². The maximum atomic E-state index is 12.7. The van der Waals surface area contributed by atoms with Crippen molar-refractivity contribution in [1.82, 2.24) is 18.8 Å². The number of nitrogens with zero attached hydrogens (tertiary/aromatic N) is 4. The van der Waals surface area contributed by atoms with Gasteiger partial charge in [-0.05, 0) is 52.0 Å². The molecule has 1 N–H and O–H groups in total. The molecule has 0 spiro atoms. The maximum Gasteiger partial charge on any atom is 0.279 e. The van der Waals surface area contributed by atoms with E-state index in [-0.39, 0.29) is 17.6 Å². The van der Waals surface area contributed by atoms with Gasteiger partial charge in [-0.25, -0.2) is 9.40 Å². The molecule has 1 aromatic heterocycles. The van der Waals surface area contributed by atoms with Crippen LogP contribution in [0, 0.1) is 0 Å². The number of rotatable bonds is 6. The number of piperidine rings is 1. The minimum Gasteiger partial charge on any atom is -0.351 e. The monoisotopic (exact) mass is 411 g/mol. The Morgan fingerprint density at radius 1 is 1.07 bits per heavy atom. The summed E-state index contributed by atoms with van der Waals surface area (Å²) in [4.78, 5) is 14.2. The zero-order chi connectivity index (χ0) is 20.1. The molecular weight excluding hydrogens is 378 g/mol. The quantitative estimate of drug-likeness (QED) is 0.772. The van der Waals surface area contributed by atoms with Gasteiger partial charge < -0.3 is 4.90 Å². The topological polar surface area (TPSA) is 87.5 Å². The Morgan fingerprint density at radius 2 is 1.75 bits per heavy atom. The summed E-state index contributed by atoms with van der Waals surface area (Å²) in [5.74, 6) is 0.743. The van der Waals surface area contributed by atoms with E-state index < -0.39 is 10.2 Å². The maximum absolute atomic E-state index is 12.7. The van der Waals surface area contributed by atoms with Gasteiger partial charge in [-0.2, -0.15) is 17.8 Å². The second-order valence-electron chi connectivity index (χ2n) is 8.08. The minimum atomic E-state index is -3.46. The number of nitrogens with one attached hydrogen (secondary N) is 1. The number of anilines is 1. The van der Waals surface area contributed by atoms with Gasteiger partial charge in [0.25, 0.3) is 15.8 Å². The first-order chi connectivity index (χ1) is 13.4. The van der Waals surface area contributed by atoms with Crippen LogP contribution in [0.3, 0.4) is 0 Å². The average molecular weight is 412 g/mol. The van der Waals surface area contributed by atoms with Gasteiger partial charge in [0.2, 0.25) is 0 Å². The molecule has 0 radical (unpaired) electrons. The summed E-state index contributed by atoms with van der Waals surface area (Å²) in [5, 5.41) is 4.53. The van der Waals surface area contributed by atoms with Crippen molar-refractivity contribution in [3.8, 4) is 0 Å². The molecule has 3 heterocycles. The van der Waals surface area contributed by atoms with Crippen molar-refractivity contribution >= 4 is 16.0 Å². The van der Waals surface area contributed by atoms with Crippen molar-refractivity contribution in [2.45, 2.75) is 70.9 Å². The molecule has 9 heteroatoms. The lowest BCUT2D eigenvalue weighted by Gasteiger charge is -2.37. The lowest BCUT2D eigenvalue weighted by atomic mass is 10.0. The summed E-state index contributed by atoms with van der Waals surface area (Å²) in [7, 11) is -3.46. The third-order valence-corrected chi connectivity index (χ3v) is 7.20. The smallest absolute Gasteiger partial charge is 0.279 e. The van der Waals surface area contributed by atoms with Crippen LogP contribution in [-0.2, 0) is 10.2 Å². The second-order valence-corrected chi connectivity index (χ2v) is 9.83. The van der Waals surface area contributed by atoms with Gasteiger partial charge in [-0.1, -0.05) is 12.8 Å². The van der Waals surface area contributed by atoms with E-state index in [0.29, 0.717) is 19.6 Å². The standard InChI is InChI=1S/C19H33N5O3S/c1-16(2)24-19(25)11-10-18(21-24)23-14-8-5-9-17(23)15-20-28(26,27)22-12-6-3-4-7-13-22/h10-11,16-17,20H,3-9,12-15H2,1-2H3. The van der Waals surface area contributed by atoms with Crippen LogP contribution in [-0.4, -0.2) is 54.7 Å². The highest BCUT2D eigenvalue weighted by molar-refractivity contribution is 7.87. The van der Waals surface area contributed by atoms with E-state index >= 15 is 0 Å². The first kappa shape index (κ1) is 21.3. The summed E-state index contributed by atoms with van der Waals surface area (Å²) < 4.78 is 31.4.